The van der Waals surface area contributed by atoms with Crippen molar-refractivity contribution in [1.82, 2.24) is 10.2 Å². The van der Waals surface area contributed by atoms with E-state index in [-0.39, 0.29) is 12.0 Å². The molecule has 0 saturated carbocycles. The van der Waals surface area contributed by atoms with Gasteiger partial charge in [0, 0.05) is 12.6 Å². The number of ether oxygens (including phenoxy) is 1. The van der Waals surface area contributed by atoms with Crippen molar-refractivity contribution in [1.29, 1.82) is 0 Å². The van der Waals surface area contributed by atoms with Gasteiger partial charge in [0.15, 0.2) is 0 Å². The summed E-state index contributed by atoms with van der Waals surface area (Å²) < 4.78 is 4.79. The largest absolute Gasteiger partial charge is 0.468 e. The van der Waals surface area contributed by atoms with Crippen LogP contribution in [0.4, 0.5) is 0 Å². The van der Waals surface area contributed by atoms with Gasteiger partial charge in [-0.1, -0.05) is 13.3 Å². The molecule has 0 amide bonds. The van der Waals surface area contributed by atoms with E-state index in [1.807, 2.05) is 7.05 Å². The number of piperidine rings is 1. The van der Waals surface area contributed by atoms with Crippen molar-refractivity contribution in [2.24, 2.45) is 0 Å². The maximum atomic E-state index is 11.5. The summed E-state index contributed by atoms with van der Waals surface area (Å²) in [6.45, 7) is 4.09. The Balaban J connectivity index is 2.51. The molecule has 0 aliphatic carbocycles. The lowest BCUT2D eigenvalue weighted by molar-refractivity contribution is -0.143. The van der Waals surface area contributed by atoms with Crippen LogP contribution >= 0.6 is 0 Å². The lowest BCUT2D eigenvalue weighted by Crippen LogP contribution is -2.50. The van der Waals surface area contributed by atoms with Gasteiger partial charge in [0.05, 0.1) is 7.11 Å². The summed E-state index contributed by atoms with van der Waals surface area (Å²) in [6.07, 6.45) is 4.98. The van der Waals surface area contributed by atoms with E-state index < -0.39 is 0 Å². The van der Waals surface area contributed by atoms with Crippen LogP contribution in [0.25, 0.3) is 0 Å². The first kappa shape index (κ1) is 13.5. The van der Waals surface area contributed by atoms with Gasteiger partial charge < -0.3 is 10.1 Å². The Hall–Kier alpha value is -0.610. The molecule has 4 heteroatoms. The molecule has 0 spiro atoms. The number of hydrogen-bond acceptors (Lipinski definition) is 4. The van der Waals surface area contributed by atoms with E-state index in [4.69, 9.17) is 4.74 Å². The van der Waals surface area contributed by atoms with Gasteiger partial charge in [0.1, 0.15) is 6.04 Å². The second kappa shape index (κ2) is 6.86. The predicted octanol–water partition coefficient (Wildman–Crippen LogP) is 1.01. The number of rotatable bonds is 5. The molecule has 1 saturated heterocycles. The van der Waals surface area contributed by atoms with Crippen LogP contribution in [0.2, 0.25) is 0 Å². The predicted molar refractivity (Wildman–Crippen MR) is 64.4 cm³/mol. The van der Waals surface area contributed by atoms with E-state index in [0.29, 0.717) is 6.04 Å². The standard InChI is InChI=1S/C12H24N2O2/c1-4-10-7-5-6-8-14(10)9-11(13-2)12(15)16-3/h10-11,13H,4-9H2,1-3H3. The number of nitrogens with zero attached hydrogens (tertiary/aromatic N) is 1. The fourth-order valence-corrected chi connectivity index (χ4v) is 2.42. The summed E-state index contributed by atoms with van der Waals surface area (Å²) in [5.74, 6) is -0.164. The molecule has 1 N–H and O–H groups in total. The minimum absolute atomic E-state index is 0.164. The molecule has 4 nitrogen and oxygen atoms in total. The van der Waals surface area contributed by atoms with Gasteiger partial charge >= 0.3 is 5.97 Å². The molecule has 16 heavy (non-hydrogen) atoms. The summed E-state index contributed by atoms with van der Waals surface area (Å²) in [7, 11) is 3.26. The second-order valence-corrected chi connectivity index (χ2v) is 4.42. The molecular formula is C12H24N2O2. The van der Waals surface area contributed by atoms with Gasteiger partial charge in [-0.15, -0.1) is 0 Å². The van der Waals surface area contributed by atoms with Crippen molar-refractivity contribution in [2.45, 2.75) is 44.7 Å². The smallest absolute Gasteiger partial charge is 0.324 e. The van der Waals surface area contributed by atoms with Gasteiger partial charge in [-0.2, -0.15) is 0 Å². The quantitative estimate of drug-likeness (QED) is 0.713. The van der Waals surface area contributed by atoms with Crippen LogP contribution in [0.5, 0.6) is 0 Å². The third-order valence-electron chi connectivity index (χ3n) is 3.47. The molecule has 1 fully saturated rings. The van der Waals surface area contributed by atoms with Crippen molar-refractivity contribution in [3.63, 3.8) is 0 Å². The molecule has 2 atom stereocenters. The van der Waals surface area contributed by atoms with Crippen LogP contribution in [-0.2, 0) is 9.53 Å². The zero-order valence-corrected chi connectivity index (χ0v) is 10.7. The number of likely N-dealkylation sites (tertiary alicyclic amines) is 1. The normalized spacial score (nSPS) is 24.1. The third kappa shape index (κ3) is 3.46. The number of methoxy groups -OCH3 is 1. The highest BCUT2D eigenvalue weighted by molar-refractivity contribution is 5.75. The SMILES string of the molecule is CCC1CCCCN1CC(NC)C(=O)OC. The van der Waals surface area contributed by atoms with E-state index in [2.05, 4.69) is 17.1 Å². The first-order chi connectivity index (χ1) is 7.72. The molecule has 1 aliphatic rings. The summed E-state index contributed by atoms with van der Waals surface area (Å²) in [4.78, 5) is 13.9. The third-order valence-corrected chi connectivity index (χ3v) is 3.47. The number of likely N-dealkylation sites (N-methyl/N-ethyl adjacent to an activating group) is 1. The van der Waals surface area contributed by atoms with E-state index in [0.717, 1.165) is 19.5 Å². The summed E-state index contributed by atoms with van der Waals surface area (Å²) >= 11 is 0. The molecule has 2 unspecified atom stereocenters. The Morgan fingerprint density at radius 1 is 1.56 bits per heavy atom. The first-order valence-electron chi connectivity index (χ1n) is 6.22. The number of hydrogen-bond donors (Lipinski definition) is 1. The Labute approximate surface area is 98.3 Å². The highest BCUT2D eigenvalue weighted by Gasteiger charge is 2.26. The average Bonchev–Trinajstić information content (AvgIpc) is 2.35. The van der Waals surface area contributed by atoms with Crippen LogP contribution in [0, 0.1) is 0 Å². The van der Waals surface area contributed by atoms with Crippen LogP contribution in [0.3, 0.4) is 0 Å². The van der Waals surface area contributed by atoms with E-state index in [9.17, 15) is 4.79 Å². The Morgan fingerprint density at radius 3 is 2.88 bits per heavy atom. The van der Waals surface area contributed by atoms with Gasteiger partial charge in [0.25, 0.3) is 0 Å². The number of esters is 1. The Bertz CT molecular complexity index is 221. The molecule has 0 aromatic heterocycles. The second-order valence-electron chi connectivity index (χ2n) is 4.42. The maximum absolute atomic E-state index is 11.5. The van der Waals surface area contributed by atoms with Crippen LogP contribution in [0.15, 0.2) is 0 Å². The van der Waals surface area contributed by atoms with E-state index >= 15 is 0 Å². The number of nitrogens with one attached hydrogen (secondary N) is 1. The van der Waals surface area contributed by atoms with Crippen molar-refractivity contribution >= 4 is 5.97 Å². The van der Waals surface area contributed by atoms with Gasteiger partial charge in [-0.25, -0.2) is 0 Å². The van der Waals surface area contributed by atoms with Crippen molar-refractivity contribution in [3.05, 3.63) is 0 Å². The molecule has 0 bridgehead atoms. The number of carbonyl (C=O) groups excluding carboxylic acids is 1. The molecule has 1 heterocycles. The topological polar surface area (TPSA) is 41.6 Å². The van der Waals surface area contributed by atoms with E-state index in [1.165, 1.54) is 26.4 Å². The summed E-state index contributed by atoms with van der Waals surface area (Å²) in [5, 5.41) is 3.03. The minimum Gasteiger partial charge on any atom is -0.468 e. The highest BCUT2D eigenvalue weighted by atomic mass is 16.5. The van der Waals surface area contributed by atoms with Crippen LogP contribution in [-0.4, -0.2) is 50.2 Å². The van der Waals surface area contributed by atoms with Crippen LogP contribution < -0.4 is 5.32 Å². The first-order valence-corrected chi connectivity index (χ1v) is 6.22. The maximum Gasteiger partial charge on any atom is 0.324 e. The van der Waals surface area contributed by atoms with Crippen molar-refractivity contribution < 1.29 is 9.53 Å². The Kier molecular flexibility index (Phi) is 5.77. The van der Waals surface area contributed by atoms with Gasteiger partial charge in [-0.05, 0) is 32.9 Å². The fraction of sp³-hybridized carbons (Fsp3) is 0.917. The zero-order chi connectivity index (χ0) is 12.0. The van der Waals surface area contributed by atoms with Gasteiger partial charge in [-0.3, -0.25) is 9.69 Å². The molecule has 1 rings (SSSR count). The molecule has 94 valence electrons. The van der Waals surface area contributed by atoms with Crippen molar-refractivity contribution in [2.75, 3.05) is 27.2 Å². The number of carbonyl (C=O) groups is 1. The molecule has 0 aromatic carbocycles. The molecule has 0 aromatic rings. The van der Waals surface area contributed by atoms with Crippen LogP contribution in [0.1, 0.15) is 32.6 Å². The average molecular weight is 228 g/mol. The summed E-state index contributed by atoms with van der Waals surface area (Å²) in [6, 6.07) is 0.436. The monoisotopic (exact) mass is 228 g/mol. The fourth-order valence-electron chi connectivity index (χ4n) is 2.42. The molecule has 0 radical (unpaired) electrons. The van der Waals surface area contributed by atoms with E-state index in [1.54, 1.807) is 0 Å². The Morgan fingerprint density at radius 2 is 2.31 bits per heavy atom. The molecular weight excluding hydrogens is 204 g/mol. The van der Waals surface area contributed by atoms with Crippen molar-refractivity contribution in [3.8, 4) is 0 Å². The minimum atomic E-state index is -0.197. The lowest BCUT2D eigenvalue weighted by atomic mass is 9.99. The molecule has 1 aliphatic heterocycles. The van der Waals surface area contributed by atoms with Gasteiger partial charge in [0.2, 0.25) is 0 Å². The highest BCUT2D eigenvalue weighted by Crippen LogP contribution is 2.19. The summed E-state index contributed by atoms with van der Waals surface area (Å²) in [5.41, 5.74) is 0. The zero-order valence-electron chi connectivity index (χ0n) is 10.7. The lowest BCUT2D eigenvalue weighted by Gasteiger charge is -2.36.